The largest absolute Gasteiger partial charge is 0.593 e. The molecular weight excluding hydrogens is 500 g/mol. The molecule has 204 valence electrons. The molecule has 7 nitrogen and oxygen atoms in total. The van der Waals surface area contributed by atoms with Crippen LogP contribution in [0.25, 0.3) is 0 Å². The lowest BCUT2D eigenvalue weighted by molar-refractivity contribution is 0.0873. The Bertz CT molecular complexity index is 1080. The smallest absolute Gasteiger partial charge is 0.407 e. The number of nitrogens with one attached hydrogen (secondary N) is 1. The van der Waals surface area contributed by atoms with Gasteiger partial charge in [-0.25, -0.2) is 4.79 Å². The quantitative estimate of drug-likeness (QED) is 0.282. The SMILES string of the molecule is CCOc1ccc([S+]([O-])N(CC(C)C)C[C@@H](O)[C@H](Cc2ccccc2)NC(=O)OCc2ccccc2)cc1. The second kappa shape index (κ2) is 15.4. The number of nitrogens with zero attached hydrogens (tertiary/aromatic N) is 1. The highest BCUT2D eigenvalue weighted by Crippen LogP contribution is 2.22. The first kappa shape index (κ1) is 29.5. The van der Waals surface area contributed by atoms with E-state index >= 15 is 0 Å². The summed E-state index contributed by atoms with van der Waals surface area (Å²) in [6.07, 6.45) is -1.21. The highest BCUT2D eigenvalue weighted by atomic mass is 32.2. The van der Waals surface area contributed by atoms with E-state index in [0.717, 1.165) is 11.1 Å². The van der Waals surface area contributed by atoms with Gasteiger partial charge in [0.2, 0.25) is 0 Å². The van der Waals surface area contributed by atoms with Gasteiger partial charge in [0.05, 0.1) is 36.7 Å². The van der Waals surface area contributed by atoms with Gasteiger partial charge in [-0.3, -0.25) is 0 Å². The van der Waals surface area contributed by atoms with Gasteiger partial charge in [0.25, 0.3) is 0 Å². The van der Waals surface area contributed by atoms with Crippen LogP contribution in [0.5, 0.6) is 5.75 Å². The van der Waals surface area contributed by atoms with E-state index in [1.54, 1.807) is 28.6 Å². The van der Waals surface area contributed by atoms with Crippen molar-refractivity contribution in [3.8, 4) is 5.75 Å². The standard InChI is InChI=1S/C30H38N2O5S/c1-4-36-26-15-17-27(18-16-26)38(35)32(20-23(2)3)21-29(33)28(19-24-11-7-5-8-12-24)31-30(34)37-22-25-13-9-6-10-14-25/h5-18,23,28-29,33H,4,19-22H2,1-3H3,(H,31,34)/t28-,29+,38?/m0/s1. The summed E-state index contributed by atoms with van der Waals surface area (Å²) in [7, 11) is 0. The Balaban J connectivity index is 1.72. The number of hydrogen-bond donors (Lipinski definition) is 2. The molecule has 0 radical (unpaired) electrons. The zero-order valence-electron chi connectivity index (χ0n) is 22.3. The maximum absolute atomic E-state index is 13.5. The second-order valence-electron chi connectivity index (χ2n) is 9.46. The van der Waals surface area contributed by atoms with Crippen LogP contribution in [0.15, 0.2) is 89.8 Å². The summed E-state index contributed by atoms with van der Waals surface area (Å²) >= 11 is -1.50. The minimum absolute atomic E-state index is 0.106. The predicted molar refractivity (Wildman–Crippen MR) is 150 cm³/mol. The van der Waals surface area contributed by atoms with E-state index in [0.29, 0.717) is 30.2 Å². The van der Waals surface area contributed by atoms with Crippen molar-refractivity contribution < 1.29 is 23.9 Å². The second-order valence-corrected chi connectivity index (χ2v) is 11.0. The lowest BCUT2D eigenvalue weighted by atomic mass is 10.0. The van der Waals surface area contributed by atoms with E-state index in [4.69, 9.17) is 9.47 Å². The summed E-state index contributed by atoms with van der Waals surface area (Å²) in [6, 6.07) is 25.6. The van der Waals surface area contributed by atoms with Crippen molar-refractivity contribution in [2.24, 2.45) is 5.92 Å². The Morgan fingerprint density at radius 3 is 2.13 bits per heavy atom. The molecule has 8 heteroatoms. The molecule has 2 N–H and O–H groups in total. The molecule has 3 rings (SSSR count). The Labute approximate surface area is 229 Å². The molecule has 0 aliphatic rings. The summed E-state index contributed by atoms with van der Waals surface area (Å²) in [4.78, 5) is 13.3. The van der Waals surface area contributed by atoms with E-state index < -0.39 is 29.6 Å². The van der Waals surface area contributed by atoms with Crippen LogP contribution in [0, 0.1) is 5.92 Å². The van der Waals surface area contributed by atoms with Crippen molar-refractivity contribution in [2.45, 2.75) is 50.8 Å². The first-order chi connectivity index (χ1) is 18.4. The first-order valence-electron chi connectivity index (χ1n) is 12.9. The highest BCUT2D eigenvalue weighted by molar-refractivity contribution is 7.89. The van der Waals surface area contributed by atoms with Crippen LogP contribution in [0.1, 0.15) is 31.9 Å². The van der Waals surface area contributed by atoms with Crippen molar-refractivity contribution in [1.29, 1.82) is 0 Å². The molecule has 3 aromatic carbocycles. The van der Waals surface area contributed by atoms with Gasteiger partial charge in [-0.1, -0.05) is 74.5 Å². The predicted octanol–water partition coefficient (Wildman–Crippen LogP) is 4.96. The lowest BCUT2D eigenvalue weighted by Crippen LogP contribution is -2.51. The molecule has 1 unspecified atom stereocenters. The van der Waals surface area contributed by atoms with Crippen LogP contribution in [0.2, 0.25) is 0 Å². The van der Waals surface area contributed by atoms with E-state index in [1.807, 2.05) is 81.4 Å². The number of benzene rings is 3. The maximum atomic E-state index is 13.5. The molecule has 1 amide bonds. The molecule has 0 fully saturated rings. The van der Waals surface area contributed by atoms with Crippen molar-refractivity contribution in [2.75, 3.05) is 19.7 Å². The number of alkyl carbamates (subject to hydrolysis) is 1. The zero-order chi connectivity index (χ0) is 27.3. The molecule has 3 aromatic rings. The number of aliphatic hydroxyl groups excluding tert-OH is 1. The molecule has 3 atom stereocenters. The third-order valence-electron chi connectivity index (χ3n) is 5.81. The topological polar surface area (TPSA) is 94.1 Å². The summed E-state index contributed by atoms with van der Waals surface area (Å²) < 4.78 is 26.2. The van der Waals surface area contributed by atoms with Gasteiger partial charge >= 0.3 is 6.09 Å². The molecule has 38 heavy (non-hydrogen) atoms. The van der Waals surface area contributed by atoms with Gasteiger partial charge in [0.1, 0.15) is 12.4 Å². The van der Waals surface area contributed by atoms with E-state index in [1.165, 1.54) is 0 Å². The van der Waals surface area contributed by atoms with E-state index in [9.17, 15) is 14.5 Å². The molecular formula is C30H38N2O5S. The normalized spacial score (nSPS) is 13.7. The molecule has 0 aliphatic heterocycles. The fourth-order valence-electron chi connectivity index (χ4n) is 3.99. The van der Waals surface area contributed by atoms with Gasteiger partial charge in [-0.15, -0.1) is 4.31 Å². The van der Waals surface area contributed by atoms with Crippen LogP contribution < -0.4 is 10.1 Å². The average Bonchev–Trinajstić information content (AvgIpc) is 2.92. The first-order valence-corrected chi connectivity index (χ1v) is 14.0. The van der Waals surface area contributed by atoms with Crippen molar-refractivity contribution >= 4 is 17.5 Å². The molecule has 0 spiro atoms. The van der Waals surface area contributed by atoms with Crippen molar-refractivity contribution in [3.05, 3.63) is 96.1 Å². The average molecular weight is 539 g/mol. The Morgan fingerprint density at radius 2 is 1.55 bits per heavy atom. The number of amides is 1. The number of carbonyl (C=O) groups is 1. The molecule has 0 saturated carbocycles. The Hall–Kier alpha value is -3.04. The Kier molecular flexibility index (Phi) is 12.0. The third kappa shape index (κ3) is 9.68. The van der Waals surface area contributed by atoms with Crippen LogP contribution >= 0.6 is 0 Å². The fraction of sp³-hybridized carbons (Fsp3) is 0.367. The molecule has 0 heterocycles. The Morgan fingerprint density at radius 1 is 0.947 bits per heavy atom. The van der Waals surface area contributed by atoms with Gasteiger partial charge in [-0.2, -0.15) is 0 Å². The van der Waals surface area contributed by atoms with Crippen LogP contribution in [-0.4, -0.2) is 51.9 Å². The summed E-state index contributed by atoms with van der Waals surface area (Å²) in [5.41, 5.74) is 1.83. The summed E-state index contributed by atoms with van der Waals surface area (Å²) in [6.45, 7) is 7.28. The minimum atomic E-state index is -1.50. The monoisotopic (exact) mass is 538 g/mol. The molecule has 0 aliphatic carbocycles. The van der Waals surface area contributed by atoms with Gasteiger partial charge in [0.15, 0.2) is 4.90 Å². The van der Waals surface area contributed by atoms with Crippen LogP contribution in [0.4, 0.5) is 4.79 Å². The molecule has 0 aromatic heterocycles. The van der Waals surface area contributed by atoms with Crippen LogP contribution in [-0.2, 0) is 29.1 Å². The number of carbonyl (C=O) groups excluding carboxylic acids is 1. The van der Waals surface area contributed by atoms with Gasteiger partial charge in [-0.05, 0) is 54.7 Å². The van der Waals surface area contributed by atoms with E-state index in [-0.39, 0.29) is 19.1 Å². The zero-order valence-corrected chi connectivity index (χ0v) is 23.1. The highest BCUT2D eigenvalue weighted by Gasteiger charge is 2.31. The number of hydrogen-bond acceptors (Lipinski definition) is 6. The number of ether oxygens (including phenoxy) is 2. The number of rotatable bonds is 14. The summed E-state index contributed by atoms with van der Waals surface area (Å²) in [5.74, 6) is 0.926. The molecule has 0 saturated heterocycles. The van der Waals surface area contributed by atoms with Crippen molar-refractivity contribution in [1.82, 2.24) is 9.62 Å². The third-order valence-corrected chi connectivity index (χ3v) is 7.25. The minimum Gasteiger partial charge on any atom is -0.593 e. The van der Waals surface area contributed by atoms with E-state index in [2.05, 4.69) is 5.32 Å². The van der Waals surface area contributed by atoms with Gasteiger partial charge < -0.3 is 24.4 Å². The number of aliphatic hydroxyl groups is 1. The fourth-order valence-corrected chi connectivity index (χ4v) is 5.38. The lowest BCUT2D eigenvalue weighted by Gasteiger charge is -2.31. The maximum Gasteiger partial charge on any atom is 0.407 e. The van der Waals surface area contributed by atoms with Crippen molar-refractivity contribution in [3.63, 3.8) is 0 Å². The van der Waals surface area contributed by atoms with Crippen LogP contribution in [0.3, 0.4) is 0 Å². The summed E-state index contributed by atoms with van der Waals surface area (Å²) in [5, 5.41) is 14.2. The van der Waals surface area contributed by atoms with Gasteiger partial charge in [0, 0.05) is 6.54 Å². The molecule has 0 bridgehead atoms.